The van der Waals surface area contributed by atoms with E-state index in [1.54, 1.807) is 11.8 Å². The fourth-order valence-electron chi connectivity index (χ4n) is 2.84. The summed E-state index contributed by atoms with van der Waals surface area (Å²) in [5.74, 6) is -0.669. The second kappa shape index (κ2) is 8.62. The van der Waals surface area contributed by atoms with E-state index in [-0.39, 0.29) is 18.4 Å². The monoisotopic (exact) mass is 343 g/mol. The zero-order valence-electron chi connectivity index (χ0n) is 14.5. The van der Waals surface area contributed by atoms with Crippen molar-refractivity contribution in [3.05, 3.63) is 59.7 Å². The van der Waals surface area contributed by atoms with Gasteiger partial charge in [-0.1, -0.05) is 43.0 Å². The van der Waals surface area contributed by atoms with Gasteiger partial charge in [0.05, 0.1) is 18.6 Å². The van der Waals surface area contributed by atoms with Crippen LogP contribution in [-0.4, -0.2) is 33.5 Å². The van der Waals surface area contributed by atoms with Gasteiger partial charge < -0.3 is 15.1 Å². The molecule has 1 fully saturated rings. The molecule has 0 aromatic heterocycles. The Kier molecular flexibility index (Phi) is 6.53. The van der Waals surface area contributed by atoms with Crippen molar-refractivity contribution in [1.29, 1.82) is 0 Å². The highest BCUT2D eigenvalue weighted by Gasteiger charge is 2.36. The Balaban J connectivity index is 1.89. The largest absolute Gasteiger partial charge is 0.481 e. The van der Waals surface area contributed by atoms with Crippen molar-refractivity contribution in [2.75, 3.05) is 6.54 Å². The lowest BCUT2D eigenvalue weighted by Gasteiger charge is -2.40. The first kappa shape index (κ1) is 18.9. The molecule has 5 heteroatoms. The van der Waals surface area contributed by atoms with Crippen LogP contribution >= 0.6 is 0 Å². The Morgan fingerprint density at radius 3 is 2.60 bits per heavy atom. The smallest absolute Gasteiger partial charge is 0.303 e. The number of rotatable bonds is 9. The number of aliphatic hydroxyl groups excluding tert-OH is 1. The second-order valence-corrected chi connectivity index (χ2v) is 6.44. The van der Waals surface area contributed by atoms with Gasteiger partial charge in [-0.15, -0.1) is 0 Å². The Morgan fingerprint density at radius 2 is 2.04 bits per heavy atom. The fourth-order valence-corrected chi connectivity index (χ4v) is 2.84. The Bertz CT molecular complexity index is 663. The fraction of sp³-hybridized carbons (Fsp3) is 0.400. The molecule has 1 unspecified atom stereocenters. The van der Waals surface area contributed by atoms with E-state index in [0.717, 1.165) is 11.1 Å². The number of carbonyl (C=O) groups excluding carboxylic acids is 1. The molecule has 0 spiro atoms. The number of aliphatic carboxylic acids is 1. The maximum atomic E-state index is 11.9. The number of allylic oxidation sites excluding steroid dienone is 1. The van der Waals surface area contributed by atoms with Crippen LogP contribution in [0.25, 0.3) is 0 Å². The number of carboxylic acids is 1. The summed E-state index contributed by atoms with van der Waals surface area (Å²) in [5.41, 5.74) is 2.55. The number of nitrogens with zero attached hydrogens (tertiary/aromatic N) is 1. The number of aliphatic hydroxyl groups is 1. The number of likely N-dealkylation sites (tertiary alicyclic amines) is 1. The highest BCUT2D eigenvalue weighted by atomic mass is 16.4. The van der Waals surface area contributed by atoms with Crippen LogP contribution in [0.15, 0.2) is 48.6 Å². The number of β-lactam (4-membered cyclic amide) rings is 1. The molecule has 134 valence electrons. The molecule has 2 N–H and O–H groups in total. The molecule has 1 aromatic carbocycles. The third-order valence-corrected chi connectivity index (χ3v) is 4.40. The molecule has 2 atom stereocenters. The molecule has 25 heavy (non-hydrogen) atoms. The average Bonchev–Trinajstić information content (AvgIpc) is 2.58. The van der Waals surface area contributed by atoms with Crippen molar-refractivity contribution >= 4 is 11.9 Å². The lowest BCUT2D eigenvalue weighted by Crippen LogP contribution is -2.46. The van der Waals surface area contributed by atoms with Crippen molar-refractivity contribution in [3.63, 3.8) is 0 Å². The normalized spacial score (nSPS) is 18.2. The SMILES string of the molecule is C=C(C)C(O)c1ccc([C@H]2CC(=O)N2C/C=C\CCCC(=O)O)cc1. The van der Waals surface area contributed by atoms with Gasteiger partial charge in [0.25, 0.3) is 0 Å². The molecule has 2 rings (SSSR count). The highest BCUT2D eigenvalue weighted by molar-refractivity contribution is 5.83. The maximum Gasteiger partial charge on any atom is 0.303 e. The van der Waals surface area contributed by atoms with Gasteiger partial charge in [-0.2, -0.15) is 0 Å². The van der Waals surface area contributed by atoms with Gasteiger partial charge in [-0.25, -0.2) is 0 Å². The molecule has 1 aromatic rings. The zero-order chi connectivity index (χ0) is 18.4. The summed E-state index contributed by atoms with van der Waals surface area (Å²) in [7, 11) is 0. The molecule has 0 radical (unpaired) electrons. The van der Waals surface area contributed by atoms with Crippen LogP contribution in [0.3, 0.4) is 0 Å². The first-order valence-corrected chi connectivity index (χ1v) is 8.49. The third kappa shape index (κ3) is 5.03. The Labute approximate surface area is 148 Å². The van der Waals surface area contributed by atoms with E-state index in [0.29, 0.717) is 31.4 Å². The lowest BCUT2D eigenvalue weighted by atomic mass is 9.92. The van der Waals surface area contributed by atoms with E-state index in [1.165, 1.54) is 0 Å². The highest BCUT2D eigenvalue weighted by Crippen LogP contribution is 2.35. The molecule has 0 saturated carbocycles. The van der Waals surface area contributed by atoms with E-state index in [2.05, 4.69) is 6.58 Å². The Hall–Kier alpha value is -2.40. The molecule has 0 bridgehead atoms. The van der Waals surface area contributed by atoms with Gasteiger partial charge in [0, 0.05) is 13.0 Å². The van der Waals surface area contributed by atoms with Crippen molar-refractivity contribution in [3.8, 4) is 0 Å². The number of carbonyl (C=O) groups is 2. The van der Waals surface area contributed by atoms with Crippen LogP contribution in [0.4, 0.5) is 0 Å². The molecule has 1 amide bonds. The lowest BCUT2D eigenvalue weighted by molar-refractivity contribution is -0.145. The van der Waals surface area contributed by atoms with Crippen LogP contribution < -0.4 is 0 Å². The topological polar surface area (TPSA) is 77.8 Å². The van der Waals surface area contributed by atoms with Gasteiger partial charge >= 0.3 is 5.97 Å². The summed E-state index contributed by atoms with van der Waals surface area (Å²) in [6, 6.07) is 7.70. The van der Waals surface area contributed by atoms with E-state index in [4.69, 9.17) is 5.11 Å². The minimum absolute atomic E-state index is 0.0622. The van der Waals surface area contributed by atoms with Gasteiger partial charge in [0.2, 0.25) is 5.91 Å². The molecule has 5 nitrogen and oxygen atoms in total. The van der Waals surface area contributed by atoms with E-state index in [1.807, 2.05) is 36.4 Å². The number of unbranched alkanes of at least 4 members (excludes halogenated alkanes) is 1. The summed E-state index contributed by atoms with van der Waals surface area (Å²) < 4.78 is 0. The molecule has 1 aliphatic heterocycles. The molecule has 0 aliphatic carbocycles. The predicted octanol–water partition coefficient (Wildman–Crippen LogP) is 3.38. The van der Waals surface area contributed by atoms with Crippen molar-refractivity contribution in [2.45, 2.75) is 44.8 Å². The van der Waals surface area contributed by atoms with Gasteiger partial charge in [-0.05, 0) is 36.5 Å². The number of amides is 1. The average molecular weight is 343 g/mol. The van der Waals surface area contributed by atoms with Crippen molar-refractivity contribution in [1.82, 2.24) is 4.90 Å². The summed E-state index contributed by atoms with van der Waals surface area (Å²) >= 11 is 0. The summed E-state index contributed by atoms with van der Waals surface area (Å²) in [5, 5.41) is 18.6. The van der Waals surface area contributed by atoms with Crippen LogP contribution in [0.5, 0.6) is 0 Å². The minimum Gasteiger partial charge on any atom is -0.481 e. The number of benzene rings is 1. The van der Waals surface area contributed by atoms with Crippen molar-refractivity contribution in [2.24, 2.45) is 0 Å². The van der Waals surface area contributed by atoms with Gasteiger partial charge in [-0.3, -0.25) is 9.59 Å². The number of carboxylic acid groups (broad SMARTS) is 1. The standard InChI is InChI=1S/C20H25NO4/c1-14(2)20(25)16-10-8-15(9-11-16)17-13-18(22)21(17)12-6-4-3-5-7-19(23)24/h4,6,8-11,17,20,25H,1,3,5,7,12-13H2,2H3,(H,23,24)/b6-4-/t17-,20?/m1/s1. The summed E-state index contributed by atoms with van der Waals surface area (Å²) in [6.07, 6.45) is 5.15. The van der Waals surface area contributed by atoms with E-state index in [9.17, 15) is 14.7 Å². The first-order chi connectivity index (χ1) is 11.9. The predicted molar refractivity (Wildman–Crippen MR) is 95.9 cm³/mol. The van der Waals surface area contributed by atoms with E-state index >= 15 is 0 Å². The van der Waals surface area contributed by atoms with Crippen LogP contribution in [0.1, 0.15) is 55.9 Å². The maximum absolute atomic E-state index is 11.9. The number of hydrogen-bond donors (Lipinski definition) is 2. The second-order valence-electron chi connectivity index (χ2n) is 6.44. The Morgan fingerprint density at radius 1 is 1.36 bits per heavy atom. The van der Waals surface area contributed by atoms with Crippen LogP contribution in [-0.2, 0) is 9.59 Å². The summed E-state index contributed by atoms with van der Waals surface area (Å²) in [4.78, 5) is 24.1. The minimum atomic E-state index is -0.786. The quantitative estimate of drug-likeness (QED) is 0.409. The zero-order valence-corrected chi connectivity index (χ0v) is 14.5. The van der Waals surface area contributed by atoms with Gasteiger partial charge in [0.15, 0.2) is 0 Å². The number of hydrogen-bond acceptors (Lipinski definition) is 3. The van der Waals surface area contributed by atoms with Crippen LogP contribution in [0.2, 0.25) is 0 Å². The van der Waals surface area contributed by atoms with Crippen molar-refractivity contribution < 1.29 is 19.8 Å². The van der Waals surface area contributed by atoms with Crippen LogP contribution in [0, 0.1) is 0 Å². The summed E-state index contributed by atoms with van der Waals surface area (Å²) in [6.45, 7) is 6.08. The first-order valence-electron chi connectivity index (χ1n) is 8.49. The van der Waals surface area contributed by atoms with E-state index < -0.39 is 12.1 Å². The van der Waals surface area contributed by atoms with Gasteiger partial charge in [0.1, 0.15) is 0 Å². The molecular formula is C20H25NO4. The third-order valence-electron chi connectivity index (χ3n) is 4.40. The molecule has 1 heterocycles. The molecule has 1 aliphatic rings. The molecular weight excluding hydrogens is 318 g/mol. The molecule has 1 saturated heterocycles.